The first kappa shape index (κ1) is 16.4. The highest BCUT2D eigenvalue weighted by Crippen LogP contribution is 2.15. The largest absolute Gasteiger partial charge is 0.342 e. The van der Waals surface area contributed by atoms with Crippen LogP contribution in [0.2, 0.25) is 0 Å². The maximum Gasteiger partial charge on any atom is 0.269 e. The van der Waals surface area contributed by atoms with Crippen molar-refractivity contribution in [2.45, 2.75) is 20.4 Å². The third kappa shape index (κ3) is 3.46. The molecule has 6 nitrogen and oxygen atoms in total. The zero-order valence-electron chi connectivity index (χ0n) is 13.2. The summed E-state index contributed by atoms with van der Waals surface area (Å²) in [4.78, 5) is 30.7. The Morgan fingerprint density at radius 3 is 2.57 bits per heavy atom. The van der Waals surface area contributed by atoms with Crippen LogP contribution in [0.1, 0.15) is 19.4 Å². The lowest BCUT2D eigenvalue weighted by Crippen LogP contribution is -2.37. The number of nitrogens with zero attached hydrogens (tertiary/aromatic N) is 4. The number of nitriles is 1. The van der Waals surface area contributed by atoms with Crippen molar-refractivity contribution in [1.82, 2.24) is 14.5 Å². The van der Waals surface area contributed by atoms with Gasteiger partial charge in [0.05, 0.1) is 11.4 Å². The fourth-order valence-electron chi connectivity index (χ4n) is 2.37. The van der Waals surface area contributed by atoms with Gasteiger partial charge >= 0.3 is 0 Å². The van der Waals surface area contributed by atoms with E-state index in [2.05, 4.69) is 4.98 Å². The molecule has 2 heterocycles. The van der Waals surface area contributed by atoms with Crippen molar-refractivity contribution in [3.05, 3.63) is 52.4 Å². The van der Waals surface area contributed by atoms with Crippen molar-refractivity contribution >= 4 is 5.91 Å². The summed E-state index contributed by atoms with van der Waals surface area (Å²) in [6.45, 7) is 4.80. The molecular weight excluding hydrogens is 292 g/mol. The molecule has 2 rings (SSSR count). The van der Waals surface area contributed by atoms with Crippen molar-refractivity contribution in [1.29, 1.82) is 5.26 Å². The van der Waals surface area contributed by atoms with Crippen molar-refractivity contribution in [2.24, 2.45) is 0 Å². The molecule has 0 unspecified atom stereocenters. The molecule has 0 aliphatic carbocycles. The number of likely N-dealkylation sites (N-methyl/N-ethyl adjacent to an activating group) is 1. The van der Waals surface area contributed by atoms with Crippen LogP contribution in [0.3, 0.4) is 0 Å². The van der Waals surface area contributed by atoms with E-state index in [9.17, 15) is 9.59 Å². The van der Waals surface area contributed by atoms with E-state index in [0.717, 1.165) is 0 Å². The quantitative estimate of drug-likeness (QED) is 0.841. The summed E-state index contributed by atoms with van der Waals surface area (Å²) >= 11 is 0. The molecule has 0 fully saturated rings. The predicted octanol–water partition coefficient (Wildman–Crippen LogP) is 1.65. The van der Waals surface area contributed by atoms with E-state index in [0.29, 0.717) is 24.5 Å². The molecule has 6 heteroatoms. The summed E-state index contributed by atoms with van der Waals surface area (Å²) in [5.74, 6) is -0.163. The van der Waals surface area contributed by atoms with Gasteiger partial charge in [-0.2, -0.15) is 5.26 Å². The molecule has 0 N–H and O–H groups in total. The second kappa shape index (κ2) is 7.36. The third-order valence-electron chi connectivity index (χ3n) is 3.63. The monoisotopic (exact) mass is 310 g/mol. The van der Waals surface area contributed by atoms with E-state index in [4.69, 9.17) is 5.26 Å². The molecule has 23 heavy (non-hydrogen) atoms. The molecule has 0 atom stereocenters. The van der Waals surface area contributed by atoms with Crippen LogP contribution in [-0.4, -0.2) is 33.4 Å². The fourth-order valence-corrected chi connectivity index (χ4v) is 2.37. The van der Waals surface area contributed by atoms with E-state index < -0.39 is 5.56 Å². The Hall–Kier alpha value is -2.94. The number of carbonyl (C=O) groups is 1. The Bertz CT molecular complexity index is 786. The van der Waals surface area contributed by atoms with Crippen LogP contribution in [-0.2, 0) is 11.3 Å². The zero-order valence-corrected chi connectivity index (χ0v) is 13.2. The van der Waals surface area contributed by atoms with Gasteiger partial charge in [0, 0.05) is 19.3 Å². The van der Waals surface area contributed by atoms with Crippen LogP contribution in [0.4, 0.5) is 0 Å². The molecular formula is C17H18N4O2. The lowest BCUT2D eigenvalue weighted by Gasteiger charge is -2.20. The number of rotatable bonds is 5. The summed E-state index contributed by atoms with van der Waals surface area (Å²) in [7, 11) is 0. The van der Waals surface area contributed by atoms with Gasteiger partial charge in [0.1, 0.15) is 18.2 Å². The van der Waals surface area contributed by atoms with Gasteiger partial charge in [-0.1, -0.05) is 6.07 Å². The van der Waals surface area contributed by atoms with Gasteiger partial charge in [0.2, 0.25) is 5.91 Å². The van der Waals surface area contributed by atoms with Crippen molar-refractivity contribution < 1.29 is 4.79 Å². The Morgan fingerprint density at radius 2 is 2.00 bits per heavy atom. The minimum atomic E-state index is -0.476. The summed E-state index contributed by atoms with van der Waals surface area (Å²) in [6.07, 6.45) is 1.62. The molecule has 0 bridgehead atoms. The minimum absolute atomic E-state index is 0.0111. The molecule has 1 amide bonds. The van der Waals surface area contributed by atoms with Crippen molar-refractivity contribution in [2.75, 3.05) is 13.1 Å². The molecule has 0 spiro atoms. The number of pyridine rings is 2. The van der Waals surface area contributed by atoms with Gasteiger partial charge in [-0.15, -0.1) is 0 Å². The van der Waals surface area contributed by atoms with E-state index >= 15 is 0 Å². The van der Waals surface area contributed by atoms with E-state index in [-0.39, 0.29) is 18.0 Å². The molecule has 0 aromatic carbocycles. The molecule has 0 aliphatic heterocycles. The average Bonchev–Trinajstić information content (AvgIpc) is 2.58. The Kier molecular flexibility index (Phi) is 5.26. The number of carbonyl (C=O) groups excluding carboxylic acids is 1. The number of amides is 1. The van der Waals surface area contributed by atoms with Gasteiger partial charge < -0.3 is 4.90 Å². The lowest BCUT2D eigenvalue weighted by molar-refractivity contribution is -0.131. The summed E-state index contributed by atoms with van der Waals surface area (Å²) < 4.78 is 1.32. The first-order valence-corrected chi connectivity index (χ1v) is 7.45. The number of hydrogen-bond donors (Lipinski definition) is 0. The molecule has 2 aromatic heterocycles. The Morgan fingerprint density at radius 1 is 1.26 bits per heavy atom. The second-order valence-corrected chi connectivity index (χ2v) is 4.92. The average molecular weight is 310 g/mol. The van der Waals surface area contributed by atoms with Crippen LogP contribution in [0, 0.1) is 11.3 Å². The molecule has 0 aliphatic rings. The van der Waals surface area contributed by atoms with Gasteiger partial charge in [-0.05, 0) is 38.1 Å². The van der Waals surface area contributed by atoms with Crippen molar-refractivity contribution in [3.63, 3.8) is 0 Å². The van der Waals surface area contributed by atoms with Crippen LogP contribution >= 0.6 is 0 Å². The third-order valence-corrected chi connectivity index (χ3v) is 3.63. The van der Waals surface area contributed by atoms with Gasteiger partial charge in [0.25, 0.3) is 5.56 Å². The summed E-state index contributed by atoms with van der Waals surface area (Å²) in [6, 6.07) is 10.3. The van der Waals surface area contributed by atoms with E-state index in [1.165, 1.54) is 10.6 Å². The topological polar surface area (TPSA) is 79.0 Å². The van der Waals surface area contributed by atoms with Crippen LogP contribution in [0.5, 0.6) is 0 Å². The minimum Gasteiger partial charge on any atom is -0.342 e. The highest BCUT2D eigenvalue weighted by atomic mass is 16.2. The highest BCUT2D eigenvalue weighted by molar-refractivity contribution is 5.76. The normalized spacial score (nSPS) is 10.1. The van der Waals surface area contributed by atoms with Crippen LogP contribution in [0.15, 0.2) is 41.3 Å². The highest BCUT2D eigenvalue weighted by Gasteiger charge is 2.16. The summed E-state index contributed by atoms with van der Waals surface area (Å²) in [5, 5.41) is 9.07. The van der Waals surface area contributed by atoms with Crippen LogP contribution < -0.4 is 5.56 Å². The smallest absolute Gasteiger partial charge is 0.269 e. The molecule has 0 saturated carbocycles. The number of aromatic nitrogens is 2. The predicted molar refractivity (Wildman–Crippen MR) is 86.6 cm³/mol. The Labute approximate surface area is 134 Å². The molecule has 0 saturated heterocycles. The number of hydrogen-bond acceptors (Lipinski definition) is 4. The maximum atomic E-state index is 12.5. The SMILES string of the molecule is CCN(CC)C(=O)Cn1c(-c2ccccn2)ccc(C#N)c1=O. The van der Waals surface area contributed by atoms with Gasteiger partial charge in [0.15, 0.2) is 0 Å². The first-order valence-electron chi connectivity index (χ1n) is 7.45. The first-order chi connectivity index (χ1) is 11.1. The molecule has 2 aromatic rings. The summed E-state index contributed by atoms with van der Waals surface area (Å²) in [5.41, 5.74) is 0.643. The van der Waals surface area contributed by atoms with Crippen molar-refractivity contribution in [3.8, 4) is 17.5 Å². The van der Waals surface area contributed by atoms with E-state index in [1.807, 2.05) is 26.0 Å². The molecule has 118 valence electrons. The Balaban J connectivity index is 2.54. The standard InChI is InChI=1S/C17H18N4O2/c1-3-20(4-2)16(22)12-21-15(14-7-5-6-10-19-14)9-8-13(11-18)17(21)23/h5-10H,3-4,12H2,1-2H3. The fraction of sp³-hybridized carbons (Fsp3) is 0.294. The second-order valence-electron chi connectivity index (χ2n) is 4.92. The van der Waals surface area contributed by atoms with Gasteiger partial charge in [-0.25, -0.2) is 0 Å². The van der Waals surface area contributed by atoms with E-state index in [1.54, 1.807) is 29.3 Å². The zero-order chi connectivity index (χ0) is 16.8. The maximum absolute atomic E-state index is 12.5. The molecule has 0 radical (unpaired) electrons. The van der Waals surface area contributed by atoms with Crippen LogP contribution in [0.25, 0.3) is 11.4 Å². The lowest BCUT2D eigenvalue weighted by atomic mass is 10.2. The van der Waals surface area contributed by atoms with Gasteiger partial charge in [-0.3, -0.25) is 19.1 Å².